The van der Waals surface area contributed by atoms with Gasteiger partial charge in [0.2, 0.25) is 0 Å². The van der Waals surface area contributed by atoms with Gasteiger partial charge in [0.15, 0.2) is 18.1 Å². The van der Waals surface area contributed by atoms with Gasteiger partial charge >= 0.3 is 12.0 Å². The number of carboxylic acids is 1. The SMILES string of the molecule is C=CCc1cc(/C=N/NC(=O)Nc2cccc(Br)c2)cc(OC)c1OCC(=O)O. The smallest absolute Gasteiger partial charge is 0.341 e. The van der Waals surface area contributed by atoms with Crippen molar-refractivity contribution in [2.24, 2.45) is 5.10 Å². The van der Waals surface area contributed by atoms with E-state index in [1.54, 1.807) is 36.4 Å². The first-order valence-corrected chi connectivity index (χ1v) is 9.24. The number of amides is 2. The number of nitrogens with zero attached hydrogens (tertiary/aromatic N) is 1. The highest BCUT2D eigenvalue weighted by molar-refractivity contribution is 9.10. The summed E-state index contributed by atoms with van der Waals surface area (Å²) < 4.78 is 11.5. The Kier molecular flexibility index (Phi) is 8.23. The number of anilines is 1. The van der Waals surface area contributed by atoms with E-state index >= 15 is 0 Å². The van der Waals surface area contributed by atoms with Crippen LogP contribution in [0.1, 0.15) is 11.1 Å². The second-order valence-corrected chi connectivity index (χ2v) is 6.64. The lowest BCUT2D eigenvalue weighted by molar-refractivity contribution is -0.139. The summed E-state index contributed by atoms with van der Waals surface area (Å²) in [4.78, 5) is 22.8. The number of carbonyl (C=O) groups excluding carboxylic acids is 1. The van der Waals surface area contributed by atoms with Crippen LogP contribution in [0.4, 0.5) is 10.5 Å². The van der Waals surface area contributed by atoms with E-state index in [1.165, 1.54) is 13.3 Å². The Morgan fingerprint density at radius 1 is 1.31 bits per heavy atom. The quantitative estimate of drug-likeness (QED) is 0.298. The molecule has 2 rings (SSSR count). The van der Waals surface area contributed by atoms with Crippen molar-refractivity contribution >= 4 is 39.8 Å². The fourth-order valence-corrected chi connectivity index (χ4v) is 2.80. The highest BCUT2D eigenvalue weighted by Crippen LogP contribution is 2.33. The summed E-state index contributed by atoms with van der Waals surface area (Å²) in [5, 5.41) is 15.4. The predicted octanol–water partition coefficient (Wildman–Crippen LogP) is 3.81. The molecule has 0 spiro atoms. The van der Waals surface area contributed by atoms with E-state index in [-0.39, 0.29) is 0 Å². The van der Waals surface area contributed by atoms with Gasteiger partial charge in [-0.1, -0.05) is 28.1 Å². The van der Waals surface area contributed by atoms with Gasteiger partial charge in [-0.3, -0.25) is 0 Å². The number of ether oxygens (including phenoxy) is 2. The predicted molar refractivity (Wildman–Crippen MR) is 114 cm³/mol. The first-order chi connectivity index (χ1) is 13.9. The average molecular weight is 462 g/mol. The fourth-order valence-electron chi connectivity index (χ4n) is 2.41. The Morgan fingerprint density at radius 3 is 2.76 bits per heavy atom. The second-order valence-electron chi connectivity index (χ2n) is 5.72. The average Bonchev–Trinajstić information content (AvgIpc) is 2.66. The molecule has 0 radical (unpaired) electrons. The summed E-state index contributed by atoms with van der Waals surface area (Å²) in [6, 6.07) is 10.0. The van der Waals surface area contributed by atoms with E-state index < -0.39 is 18.6 Å². The normalized spacial score (nSPS) is 10.4. The lowest BCUT2D eigenvalue weighted by Crippen LogP contribution is -2.24. The third-order valence-corrected chi connectivity index (χ3v) is 4.03. The molecule has 0 aliphatic carbocycles. The summed E-state index contributed by atoms with van der Waals surface area (Å²) in [5.41, 5.74) is 4.30. The molecule has 0 saturated carbocycles. The number of hydrazone groups is 1. The van der Waals surface area contributed by atoms with Crippen molar-refractivity contribution in [3.63, 3.8) is 0 Å². The molecule has 2 aromatic carbocycles. The van der Waals surface area contributed by atoms with Crippen molar-refractivity contribution in [2.75, 3.05) is 19.0 Å². The third kappa shape index (κ3) is 6.96. The molecule has 0 heterocycles. The number of hydrogen-bond donors (Lipinski definition) is 3. The molecule has 0 bridgehead atoms. The van der Waals surface area contributed by atoms with Gasteiger partial charge in [0, 0.05) is 15.7 Å². The molecule has 0 aliphatic heterocycles. The van der Waals surface area contributed by atoms with Gasteiger partial charge in [0.1, 0.15) is 0 Å². The first-order valence-electron chi connectivity index (χ1n) is 8.45. The molecule has 29 heavy (non-hydrogen) atoms. The van der Waals surface area contributed by atoms with Crippen molar-refractivity contribution < 1.29 is 24.2 Å². The van der Waals surface area contributed by atoms with Crippen LogP contribution in [-0.2, 0) is 11.2 Å². The number of halogens is 1. The Morgan fingerprint density at radius 2 is 2.10 bits per heavy atom. The highest BCUT2D eigenvalue weighted by atomic mass is 79.9. The van der Waals surface area contributed by atoms with Gasteiger partial charge < -0.3 is 19.9 Å². The van der Waals surface area contributed by atoms with Crippen molar-refractivity contribution in [1.82, 2.24) is 5.43 Å². The minimum atomic E-state index is -1.09. The van der Waals surface area contributed by atoms with Crippen molar-refractivity contribution in [1.29, 1.82) is 0 Å². The molecule has 3 N–H and O–H groups in total. The Bertz CT molecular complexity index is 930. The van der Waals surface area contributed by atoms with Crippen LogP contribution < -0.4 is 20.2 Å². The topological polar surface area (TPSA) is 109 Å². The number of hydrogen-bond acceptors (Lipinski definition) is 5. The summed E-state index contributed by atoms with van der Waals surface area (Å²) in [6.07, 6.45) is 3.54. The lowest BCUT2D eigenvalue weighted by atomic mass is 10.1. The molecule has 0 aliphatic rings. The van der Waals surface area contributed by atoms with Gasteiger partial charge in [0.05, 0.1) is 13.3 Å². The minimum absolute atomic E-state index is 0.326. The van der Waals surface area contributed by atoms with E-state index in [4.69, 9.17) is 14.6 Å². The van der Waals surface area contributed by atoms with Gasteiger partial charge in [-0.2, -0.15) is 5.10 Å². The van der Waals surface area contributed by atoms with Crippen LogP contribution in [0.3, 0.4) is 0 Å². The maximum absolute atomic E-state index is 11.9. The number of allylic oxidation sites excluding steroid dienone is 1. The minimum Gasteiger partial charge on any atom is -0.493 e. The number of aliphatic carboxylic acids is 1. The van der Waals surface area contributed by atoms with Crippen LogP contribution in [0, 0.1) is 0 Å². The Balaban J connectivity index is 2.12. The van der Waals surface area contributed by atoms with E-state index in [0.717, 1.165) is 4.47 Å². The molecular formula is C20H20BrN3O5. The zero-order valence-corrected chi connectivity index (χ0v) is 17.2. The summed E-state index contributed by atoms with van der Waals surface area (Å²) in [7, 11) is 1.45. The molecule has 0 fully saturated rings. The molecule has 0 aromatic heterocycles. The van der Waals surface area contributed by atoms with Crippen LogP contribution >= 0.6 is 15.9 Å². The molecule has 152 valence electrons. The number of urea groups is 1. The van der Waals surface area contributed by atoms with Crippen LogP contribution in [0.2, 0.25) is 0 Å². The zero-order valence-electron chi connectivity index (χ0n) is 15.6. The highest BCUT2D eigenvalue weighted by Gasteiger charge is 2.13. The Hall–Kier alpha value is -3.33. The lowest BCUT2D eigenvalue weighted by Gasteiger charge is -2.14. The number of nitrogens with one attached hydrogen (secondary N) is 2. The molecule has 0 unspecified atom stereocenters. The summed E-state index contributed by atoms with van der Waals surface area (Å²) in [5.74, 6) is -0.416. The van der Waals surface area contributed by atoms with Crippen molar-refractivity contribution in [2.45, 2.75) is 6.42 Å². The van der Waals surface area contributed by atoms with E-state index in [2.05, 4.69) is 38.4 Å². The van der Waals surface area contributed by atoms with Crippen LogP contribution in [0.5, 0.6) is 11.5 Å². The summed E-state index contributed by atoms with van der Waals surface area (Å²) in [6.45, 7) is 3.20. The molecule has 0 saturated heterocycles. The van der Waals surface area contributed by atoms with Gasteiger partial charge in [-0.25, -0.2) is 15.0 Å². The molecular weight excluding hydrogens is 442 g/mol. The monoisotopic (exact) mass is 461 g/mol. The fraction of sp³-hybridized carbons (Fsp3) is 0.150. The van der Waals surface area contributed by atoms with Crippen LogP contribution in [-0.4, -0.2) is 37.0 Å². The van der Waals surface area contributed by atoms with Crippen molar-refractivity contribution in [3.8, 4) is 11.5 Å². The summed E-state index contributed by atoms with van der Waals surface area (Å²) >= 11 is 3.33. The van der Waals surface area contributed by atoms with Crippen LogP contribution in [0.15, 0.2) is 58.6 Å². The van der Waals surface area contributed by atoms with Crippen LogP contribution in [0.25, 0.3) is 0 Å². The standard InChI is InChI=1S/C20H20BrN3O5/c1-3-5-14-8-13(9-17(28-2)19(14)29-12-18(25)26)11-22-24-20(27)23-16-7-4-6-15(21)10-16/h3-4,6-11H,1,5,12H2,2H3,(H,25,26)(H2,23,24,27)/b22-11+. The maximum atomic E-state index is 11.9. The number of carboxylic acid groups (broad SMARTS) is 1. The van der Waals surface area contributed by atoms with Gasteiger partial charge in [-0.05, 0) is 42.3 Å². The van der Waals surface area contributed by atoms with Gasteiger partial charge in [0.25, 0.3) is 0 Å². The molecule has 2 amide bonds. The van der Waals surface area contributed by atoms with Gasteiger partial charge in [-0.15, -0.1) is 6.58 Å². The molecule has 0 atom stereocenters. The number of rotatable bonds is 9. The Labute approximate surface area is 176 Å². The largest absolute Gasteiger partial charge is 0.493 e. The first kappa shape index (κ1) is 22.0. The maximum Gasteiger partial charge on any atom is 0.341 e. The van der Waals surface area contributed by atoms with E-state index in [1.807, 2.05) is 6.07 Å². The molecule has 9 heteroatoms. The number of methoxy groups -OCH3 is 1. The van der Waals surface area contributed by atoms with E-state index in [0.29, 0.717) is 34.7 Å². The third-order valence-electron chi connectivity index (χ3n) is 3.54. The number of carbonyl (C=O) groups is 2. The van der Waals surface area contributed by atoms with E-state index in [9.17, 15) is 9.59 Å². The molecule has 8 nitrogen and oxygen atoms in total. The van der Waals surface area contributed by atoms with Crippen molar-refractivity contribution in [3.05, 3.63) is 64.7 Å². The number of benzene rings is 2. The second kappa shape index (κ2) is 10.9. The molecule has 2 aromatic rings. The zero-order chi connectivity index (χ0) is 21.2.